The van der Waals surface area contributed by atoms with Crippen LogP contribution in [-0.2, 0) is 11.1 Å². The lowest BCUT2D eigenvalue weighted by molar-refractivity contribution is 0.483. The smallest absolute Gasteiger partial charge is 0.227 e. The number of fused-ring (bicyclic) bond motifs is 1. The molecule has 0 unspecified atom stereocenters. The molecule has 0 radical (unpaired) electrons. The number of aromatic nitrogens is 2. The second-order valence-electron chi connectivity index (χ2n) is 9.81. The number of hydrogen-bond acceptors (Lipinski definition) is 3. The van der Waals surface area contributed by atoms with E-state index in [0.29, 0.717) is 5.95 Å². The number of benzene rings is 5. The molecule has 7 rings (SSSR count). The summed E-state index contributed by atoms with van der Waals surface area (Å²) in [5.74, 6) is 0.661. The minimum atomic E-state index is -0.716. The molecule has 5 aromatic carbocycles. The average Bonchev–Trinajstić information content (AvgIpc) is 3.32. The Morgan fingerprint density at radius 1 is 0.359 bits per heavy atom. The summed E-state index contributed by atoms with van der Waals surface area (Å²) >= 11 is 0. The first-order valence-corrected chi connectivity index (χ1v) is 13.3. The molecule has 0 saturated heterocycles. The van der Waals surface area contributed by atoms with Gasteiger partial charge in [0.05, 0.1) is 0 Å². The third-order valence-electron chi connectivity index (χ3n) is 7.90. The summed E-state index contributed by atoms with van der Waals surface area (Å²) in [6.45, 7) is 0. The molecule has 0 spiro atoms. The van der Waals surface area contributed by atoms with Crippen molar-refractivity contribution < 1.29 is 0 Å². The zero-order chi connectivity index (χ0) is 26.1. The van der Waals surface area contributed by atoms with Crippen LogP contribution >= 0.6 is 0 Å². The highest BCUT2D eigenvalue weighted by Gasteiger charge is 2.62. The Bertz CT molecular complexity index is 1500. The predicted octanol–water partition coefficient (Wildman–Crippen LogP) is 7.58. The molecule has 2 heterocycles. The largest absolute Gasteiger partial charge is 0.305 e. The molecule has 0 atom stereocenters. The quantitative estimate of drug-likeness (QED) is 0.244. The Hall–Kier alpha value is -5.02. The molecule has 0 amide bonds. The maximum atomic E-state index is 4.95. The molecular formula is C36H27N3. The highest BCUT2D eigenvalue weighted by Crippen LogP contribution is 2.61. The lowest BCUT2D eigenvalue weighted by atomic mass is 9.76. The van der Waals surface area contributed by atoms with Crippen molar-refractivity contribution in [1.29, 1.82) is 0 Å². The predicted molar refractivity (Wildman–Crippen MR) is 156 cm³/mol. The fourth-order valence-corrected chi connectivity index (χ4v) is 6.50. The molecule has 1 aromatic heterocycles. The monoisotopic (exact) mass is 501 g/mol. The van der Waals surface area contributed by atoms with Gasteiger partial charge in [0.15, 0.2) is 0 Å². The Labute approximate surface area is 229 Å². The van der Waals surface area contributed by atoms with Crippen molar-refractivity contribution >= 4 is 5.95 Å². The van der Waals surface area contributed by atoms with E-state index in [1.807, 2.05) is 18.5 Å². The van der Waals surface area contributed by atoms with Crippen molar-refractivity contribution in [1.82, 2.24) is 9.97 Å². The van der Waals surface area contributed by atoms with E-state index in [1.165, 1.54) is 11.1 Å². The molecule has 0 aliphatic carbocycles. The van der Waals surface area contributed by atoms with Crippen LogP contribution in [0.15, 0.2) is 164 Å². The summed E-state index contributed by atoms with van der Waals surface area (Å²) in [4.78, 5) is 12.4. The van der Waals surface area contributed by atoms with Gasteiger partial charge < -0.3 is 4.90 Å². The van der Waals surface area contributed by atoms with Crippen molar-refractivity contribution in [2.24, 2.45) is 0 Å². The van der Waals surface area contributed by atoms with Crippen molar-refractivity contribution in [3.05, 3.63) is 197 Å². The maximum Gasteiger partial charge on any atom is 0.227 e. The van der Waals surface area contributed by atoms with E-state index in [0.717, 1.165) is 22.3 Å². The van der Waals surface area contributed by atoms with Crippen LogP contribution in [0, 0.1) is 0 Å². The van der Waals surface area contributed by atoms with Crippen LogP contribution in [0.4, 0.5) is 5.95 Å². The Morgan fingerprint density at radius 2 is 0.667 bits per heavy atom. The fraction of sp³-hybridized carbons (Fsp3) is 0.0556. The average molecular weight is 502 g/mol. The van der Waals surface area contributed by atoms with Crippen LogP contribution in [0.25, 0.3) is 0 Å². The lowest BCUT2D eigenvalue weighted by Gasteiger charge is -2.49. The van der Waals surface area contributed by atoms with Crippen LogP contribution < -0.4 is 4.90 Å². The van der Waals surface area contributed by atoms with E-state index in [-0.39, 0.29) is 0 Å². The Balaban J connectivity index is 1.74. The first-order chi connectivity index (χ1) is 19.4. The maximum absolute atomic E-state index is 4.95. The highest BCUT2D eigenvalue weighted by molar-refractivity contribution is 5.75. The van der Waals surface area contributed by atoms with E-state index in [9.17, 15) is 0 Å². The van der Waals surface area contributed by atoms with Gasteiger partial charge in [-0.3, -0.25) is 0 Å². The zero-order valence-corrected chi connectivity index (χ0v) is 21.4. The number of anilines is 1. The van der Waals surface area contributed by atoms with Gasteiger partial charge in [0.25, 0.3) is 0 Å². The molecule has 6 aromatic rings. The standard InChI is InChI=1S/C36H27N3/c1-5-16-28(17-6-1)35(29-18-7-2-8-19-29)32-24-13-14-25-33(32)36(30-20-9-3-10-21-30,31-22-11-4-12-23-31)39(35)34-37-26-15-27-38-34/h1-27H. The van der Waals surface area contributed by atoms with Gasteiger partial charge in [-0.25, -0.2) is 9.97 Å². The normalized spacial score (nSPS) is 15.0. The van der Waals surface area contributed by atoms with Gasteiger partial charge in [-0.2, -0.15) is 0 Å². The van der Waals surface area contributed by atoms with Crippen LogP contribution in [0.5, 0.6) is 0 Å². The minimum absolute atomic E-state index is 0.661. The lowest BCUT2D eigenvalue weighted by Crippen LogP contribution is -2.54. The number of rotatable bonds is 5. The third-order valence-corrected chi connectivity index (χ3v) is 7.90. The molecule has 186 valence electrons. The van der Waals surface area contributed by atoms with Gasteiger partial charge in [-0.05, 0) is 39.4 Å². The van der Waals surface area contributed by atoms with Crippen molar-refractivity contribution in [3.8, 4) is 0 Å². The Morgan fingerprint density at radius 3 is 1.00 bits per heavy atom. The van der Waals surface area contributed by atoms with Gasteiger partial charge in [-0.15, -0.1) is 0 Å². The zero-order valence-electron chi connectivity index (χ0n) is 21.4. The molecular weight excluding hydrogens is 474 g/mol. The number of hydrogen-bond donors (Lipinski definition) is 0. The van der Waals surface area contributed by atoms with Crippen molar-refractivity contribution in [3.63, 3.8) is 0 Å². The molecule has 1 aliphatic heterocycles. The molecule has 39 heavy (non-hydrogen) atoms. The highest BCUT2D eigenvalue weighted by atomic mass is 15.4. The van der Waals surface area contributed by atoms with Gasteiger partial charge in [0.1, 0.15) is 11.1 Å². The van der Waals surface area contributed by atoms with Gasteiger partial charge in [0.2, 0.25) is 5.95 Å². The van der Waals surface area contributed by atoms with E-state index < -0.39 is 11.1 Å². The van der Waals surface area contributed by atoms with Gasteiger partial charge in [-0.1, -0.05) is 146 Å². The van der Waals surface area contributed by atoms with E-state index in [4.69, 9.17) is 9.97 Å². The fourth-order valence-electron chi connectivity index (χ4n) is 6.50. The molecule has 1 aliphatic rings. The van der Waals surface area contributed by atoms with Gasteiger partial charge in [0, 0.05) is 12.4 Å². The Kier molecular flexibility index (Phi) is 5.56. The minimum Gasteiger partial charge on any atom is -0.305 e. The summed E-state index contributed by atoms with van der Waals surface area (Å²) in [5.41, 5.74) is 5.62. The van der Waals surface area contributed by atoms with E-state index in [2.05, 4.69) is 150 Å². The van der Waals surface area contributed by atoms with E-state index in [1.54, 1.807) is 0 Å². The molecule has 0 bridgehead atoms. The SMILES string of the molecule is c1ccc(C2(c3ccccc3)c3ccccc3C(c3ccccc3)(c3ccccc3)N2c2ncccn2)cc1. The first kappa shape index (κ1) is 23.1. The summed E-state index contributed by atoms with van der Waals surface area (Å²) in [6.07, 6.45) is 3.68. The summed E-state index contributed by atoms with van der Waals surface area (Å²) in [5, 5.41) is 0. The van der Waals surface area contributed by atoms with Gasteiger partial charge >= 0.3 is 0 Å². The molecule has 0 saturated carbocycles. The van der Waals surface area contributed by atoms with Crippen LogP contribution in [0.1, 0.15) is 33.4 Å². The molecule has 3 heteroatoms. The summed E-state index contributed by atoms with van der Waals surface area (Å²) in [7, 11) is 0. The van der Waals surface area contributed by atoms with Crippen LogP contribution in [0.2, 0.25) is 0 Å². The molecule has 0 N–H and O–H groups in total. The third kappa shape index (κ3) is 3.30. The summed E-state index contributed by atoms with van der Waals surface area (Å²) < 4.78 is 0. The topological polar surface area (TPSA) is 29.0 Å². The summed E-state index contributed by atoms with van der Waals surface area (Å²) in [6, 6.07) is 53.8. The second kappa shape index (κ2) is 9.38. The number of nitrogens with zero attached hydrogens (tertiary/aromatic N) is 3. The molecule has 0 fully saturated rings. The van der Waals surface area contributed by atoms with Crippen LogP contribution in [-0.4, -0.2) is 9.97 Å². The molecule has 3 nitrogen and oxygen atoms in total. The first-order valence-electron chi connectivity index (χ1n) is 13.3. The van der Waals surface area contributed by atoms with Crippen LogP contribution in [0.3, 0.4) is 0 Å². The van der Waals surface area contributed by atoms with Crippen molar-refractivity contribution in [2.45, 2.75) is 11.1 Å². The second-order valence-corrected chi connectivity index (χ2v) is 9.81. The van der Waals surface area contributed by atoms with Crippen molar-refractivity contribution in [2.75, 3.05) is 4.90 Å². The van der Waals surface area contributed by atoms with E-state index >= 15 is 0 Å².